The molecule has 0 aromatic heterocycles. The zero-order valence-corrected chi connectivity index (χ0v) is 22.1. The highest BCUT2D eigenvalue weighted by molar-refractivity contribution is 5.82. The van der Waals surface area contributed by atoms with Crippen LogP contribution in [0, 0.1) is 6.92 Å². The summed E-state index contributed by atoms with van der Waals surface area (Å²) in [4.78, 5) is 18.0. The fourth-order valence-electron chi connectivity index (χ4n) is 5.18. The molecule has 1 saturated heterocycles. The number of benzene rings is 3. The van der Waals surface area contributed by atoms with Gasteiger partial charge in [-0.05, 0) is 74.0 Å². The highest BCUT2D eigenvalue weighted by atomic mass is 16.5. The minimum atomic E-state index is -0.603. The third kappa shape index (κ3) is 6.17. The van der Waals surface area contributed by atoms with Crippen LogP contribution >= 0.6 is 0 Å². The van der Waals surface area contributed by atoms with E-state index < -0.39 is 5.41 Å². The van der Waals surface area contributed by atoms with Crippen molar-refractivity contribution in [3.05, 3.63) is 90.0 Å². The van der Waals surface area contributed by atoms with E-state index in [2.05, 4.69) is 77.4 Å². The first-order valence-corrected chi connectivity index (χ1v) is 13.4. The van der Waals surface area contributed by atoms with E-state index >= 15 is 0 Å². The van der Waals surface area contributed by atoms with E-state index in [1.165, 1.54) is 22.4 Å². The molecule has 1 atom stereocenters. The van der Waals surface area contributed by atoms with E-state index in [1.54, 1.807) is 0 Å². The van der Waals surface area contributed by atoms with Crippen molar-refractivity contribution < 1.29 is 9.53 Å². The van der Waals surface area contributed by atoms with Gasteiger partial charge in [-0.2, -0.15) is 0 Å². The van der Waals surface area contributed by atoms with Gasteiger partial charge in [-0.25, -0.2) is 0 Å². The van der Waals surface area contributed by atoms with Crippen molar-refractivity contribution >= 4 is 11.7 Å². The fraction of sp³-hybridized carbons (Fsp3) is 0.406. The van der Waals surface area contributed by atoms with Crippen molar-refractivity contribution in [2.45, 2.75) is 45.4 Å². The summed E-state index contributed by atoms with van der Waals surface area (Å²) in [5, 5.41) is 0. The molecule has 190 valence electrons. The van der Waals surface area contributed by atoms with Crippen LogP contribution in [0.4, 0.5) is 5.69 Å². The summed E-state index contributed by atoms with van der Waals surface area (Å²) in [7, 11) is 0. The van der Waals surface area contributed by atoms with Gasteiger partial charge in [-0.3, -0.25) is 9.69 Å². The number of rotatable bonds is 10. The third-order valence-electron chi connectivity index (χ3n) is 7.49. The molecule has 3 aromatic carbocycles. The molecule has 4 heteroatoms. The van der Waals surface area contributed by atoms with E-state index in [4.69, 9.17) is 4.74 Å². The Morgan fingerprint density at radius 1 is 0.917 bits per heavy atom. The summed E-state index contributed by atoms with van der Waals surface area (Å²) in [5.74, 6) is -0.103. The zero-order chi connectivity index (χ0) is 25.4. The second-order valence-corrected chi connectivity index (χ2v) is 10.1. The molecule has 1 fully saturated rings. The molecule has 1 unspecified atom stereocenters. The van der Waals surface area contributed by atoms with Crippen LogP contribution < -0.4 is 4.90 Å². The lowest BCUT2D eigenvalue weighted by molar-refractivity contribution is -0.150. The number of carbonyl (C=O) groups excluding carboxylic acids is 1. The van der Waals surface area contributed by atoms with Gasteiger partial charge in [0.15, 0.2) is 0 Å². The van der Waals surface area contributed by atoms with Crippen molar-refractivity contribution in [1.82, 2.24) is 4.90 Å². The van der Waals surface area contributed by atoms with Crippen molar-refractivity contribution in [3.63, 3.8) is 0 Å². The summed E-state index contributed by atoms with van der Waals surface area (Å²) in [6.07, 6.45) is 2.60. The van der Waals surface area contributed by atoms with Gasteiger partial charge in [0.25, 0.3) is 0 Å². The predicted octanol–water partition coefficient (Wildman–Crippen LogP) is 6.48. The molecular weight excluding hydrogens is 444 g/mol. The van der Waals surface area contributed by atoms with Gasteiger partial charge in [0, 0.05) is 31.9 Å². The Morgan fingerprint density at radius 2 is 1.64 bits per heavy atom. The Kier molecular flexibility index (Phi) is 8.82. The maximum atomic E-state index is 13.0. The van der Waals surface area contributed by atoms with E-state index in [0.29, 0.717) is 6.61 Å². The Bertz CT molecular complexity index is 1120. The average molecular weight is 485 g/mol. The average Bonchev–Trinajstić information content (AvgIpc) is 2.93. The monoisotopic (exact) mass is 484 g/mol. The van der Waals surface area contributed by atoms with Crippen molar-refractivity contribution in [2.24, 2.45) is 0 Å². The SMILES string of the molecule is CCCOC(=O)C(C)(CCCN1CCN(c2cccc(-c3ccccc3C)c2)CC1)c1ccccc1. The lowest BCUT2D eigenvalue weighted by atomic mass is 9.78. The number of piperazine rings is 1. The Morgan fingerprint density at radius 3 is 2.36 bits per heavy atom. The van der Waals surface area contributed by atoms with Gasteiger partial charge in [0.05, 0.1) is 12.0 Å². The normalized spacial score (nSPS) is 15.9. The molecule has 0 N–H and O–H groups in total. The van der Waals surface area contributed by atoms with E-state index in [0.717, 1.165) is 57.5 Å². The molecule has 3 aromatic rings. The number of ether oxygens (including phenoxy) is 1. The van der Waals surface area contributed by atoms with Crippen molar-refractivity contribution in [2.75, 3.05) is 44.2 Å². The predicted molar refractivity (Wildman–Crippen MR) is 150 cm³/mol. The summed E-state index contributed by atoms with van der Waals surface area (Å²) < 4.78 is 5.61. The number of nitrogens with zero attached hydrogens (tertiary/aromatic N) is 2. The molecule has 0 spiro atoms. The van der Waals surface area contributed by atoms with Gasteiger partial charge >= 0.3 is 5.97 Å². The summed E-state index contributed by atoms with van der Waals surface area (Å²) in [6, 6.07) is 27.6. The first-order valence-electron chi connectivity index (χ1n) is 13.4. The van der Waals surface area contributed by atoms with Crippen LogP contribution in [0.15, 0.2) is 78.9 Å². The highest BCUT2D eigenvalue weighted by Crippen LogP contribution is 2.31. The third-order valence-corrected chi connectivity index (χ3v) is 7.49. The van der Waals surface area contributed by atoms with E-state index in [9.17, 15) is 4.79 Å². The molecular formula is C32H40N2O2. The van der Waals surface area contributed by atoms with Gasteiger partial charge in [-0.1, -0.05) is 73.7 Å². The number of carbonyl (C=O) groups is 1. The van der Waals surface area contributed by atoms with Crippen molar-refractivity contribution in [3.8, 4) is 11.1 Å². The maximum Gasteiger partial charge on any atom is 0.316 e. The van der Waals surface area contributed by atoms with Crippen LogP contribution in [0.3, 0.4) is 0 Å². The van der Waals surface area contributed by atoms with E-state index in [1.807, 2.05) is 32.0 Å². The Labute approximate surface area is 216 Å². The fourth-order valence-corrected chi connectivity index (χ4v) is 5.18. The number of hydrogen-bond acceptors (Lipinski definition) is 4. The Balaban J connectivity index is 1.33. The standard InChI is InChI=1S/C32H40N2O2/c1-4-24-36-31(35)32(3,28-14-6-5-7-15-28)18-11-19-33-20-22-34(23-21-33)29-16-10-13-27(25-29)30-17-9-8-12-26(30)2/h5-10,12-17,25H,4,11,18-24H2,1-3H3. The van der Waals surface area contributed by atoms with Gasteiger partial charge < -0.3 is 9.64 Å². The molecule has 4 rings (SSSR count). The number of hydrogen-bond donors (Lipinski definition) is 0. The molecule has 0 amide bonds. The molecule has 0 bridgehead atoms. The lowest BCUT2D eigenvalue weighted by Crippen LogP contribution is -2.47. The number of aryl methyl sites for hydroxylation is 1. The number of anilines is 1. The second-order valence-electron chi connectivity index (χ2n) is 10.1. The number of esters is 1. The molecule has 1 aliphatic rings. The lowest BCUT2D eigenvalue weighted by Gasteiger charge is -2.37. The topological polar surface area (TPSA) is 32.8 Å². The van der Waals surface area contributed by atoms with Crippen LogP contribution in [0.2, 0.25) is 0 Å². The molecule has 36 heavy (non-hydrogen) atoms. The van der Waals surface area contributed by atoms with Gasteiger partial charge in [-0.15, -0.1) is 0 Å². The molecule has 0 saturated carbocycles. The largest absolute Gasteiger partial charge is 0.465 e. The molecule has 0 aliphatic carbocycles. The van der Waals surface area contributed by atoms with Crippen LogP contribution in [0.25, 0.3) is 11.1 Å². The quantitative estimate of drug-likeness (QED) is 0.309. The minimum absolute atomic E-state index is 0.103. The van der Waals surface area contributed by atoms with Gasteiger partial charge in [0.1, 0.15) is 0 Å². The smallest absolute Gasteiger partial charge is 0.316 e. The molecule has 4 nitrogen and oxygen atoms in total. The molecule has 0 radical (unpaired) electrons. The zero-order valence-electron chi connectivity index (χ0n) is 22.1. The first kappa shape index (κ1) is 26.0. The Hall–Kier alpha value is -3.11. The first-order chi connectivity index (χ1) is 17.5. The highest BCUT2D eigenvalue weighted by Gasteiger charge is 2.36. The van der Waals surface area contributed by atoms with Crippen LogP contribution in [-0.4, -0.2) is 50.2 Å². The van der Waals surface area contributed by atoms with E-state index in [-0.39, 0.29) is 5.97 Å². The van der Waals surface area contributed by atoms with Crippen LogP contribution in [0.5, 0.6) is 0 Å². The minimum Gasteiger partial charge on any atom is -0.465 e. The second kappa shape index (κ2) is 12.2. The van der Waals surface area contributed by atoms with Crippen LogP contribution in [-0.2, 0) is 14.9 Å². The maximum absolute atomic E-state index is 13.0. The summed E-state index contributed by atoms with van der Waals surface area (Å²) in [5.41, 5.74) is 5.63. The van der Waals surface area contributed by atoms with Crippen molar-refractivity contribution in [1.29, 1.82) is 0 Å². The summed E-state index contributed by atoms with van der Waals surface area (Å²) in [6.45, 7) is 11.8. The molecule has 1 aliphatic heterocycles. The molecule has 1 heterocycles. The van der Waals surface area contributed by atoms with Crippen LogP contribution in [0.1, 0.15) is 44.2 Å². The summed E-state index contributed by atoms with van der Waals surface area (Å²) >= 11 is 0. The van der Waals surface area contributed by atoms with Gasteiger partial charge in [0.2, 0.25) is 0 Å².